The van der Waals surface area contributed by atoms with Gasteiger partial charge in [-0.05, 0) is 62.4 Å². The second-order valence-corrected chi connectivity index (χ2v) is 5.29. The Bertz CT molecular complexity index is 383. The van der Waals surface area contributed by atoms with Gasteiger partial charge in [-0.15, -0.1) is 0 Å². The zero-order valence-corrected chi connectivity index (χ0v) is 11.7. The van der Waals surface area contributed by atoms with E-state index in [-0.39, 0.29) is 0 Å². The van der Waals surface area contributed by atoms with Crippen LogP contribution in [-0.4, -0.2) is 23.1 Å². The summed E-state index contributed by atoms with van der Waals surface area (Å²) in [5.41, 5.74) is 2.55. The van der Waals surface area contributed by atoms with Crippen LogP contribution < -0.4 is 0 Å². The van der Waals surface area contributed by atoms with Crippen molar-refractivity contribution < 1.29 is 5.11 Å². The lowest BCUT2D eigenvalue weighted by molar-refractivity contribution is 0.178. The predicted octanol–water partition coefficient (Wildman–Crippen LogP) is 3.89. The van der Waals surface area contributed by atoms with Gasteiger partial charge in [-0.3, -0.25) is 4.90 Å². The molecule has 2 nitrogen and oxygen atoms in total. The maximum absolute atomic E-state index is 10.00. The van der Waals surface area contributed by atoms with Crippen molar-refractivity contribution in [1.29, 1.82) is 0 Å². The van der Waals surface area contributed by atoms with E-state index in [2.05, 4.69) is 24.8 Å². The number of nitrogens with zero attached hydrogens (tertiary/aromatic N) is 1. The smallest absolute Gasteiger partial charge is 0.119 e. The molecule has 18 heavy (non-hydrogen) atoms. The van der Waals surface area contributed by atoms with E-state index >= 15 is 0 Å². The van der Waals surface area contributed by atoms with Gasteiger partial charge in [0.2, 0.25) is 0 Å². The highest BCUT2D eigenvalue weighted by Gasteiger charge is 2.26. The average Bonchev–Trinajstić information content (AvgIpc) is 2.38. The van der Waals surface area contributed by atoms with E-state index < -0.39 is 0 Å². The number of hydrogen-bond donors (Lipinski definition) is 1. The first kappa shape index (κ1) is 13.4. The van der Waals surface area contributed by atoms with Crippen molar-refractivity contribution in [2.75, 3.05) is 13.1 Å². The highest BCUT2D eigenvalue weighted by molar-refractivity contribution is 5.42. The fourth-order valence-electron chi connectivity index (χ4n) is 3.18. The molecule has 100 valence electrons. The summed E-state index contributed by atoms with van der Waals surface area (Å²) in [6.07, 6.45) is 5.86. The van der Waals surface area contributed by atoms with Crippen LogP contribution in [-0.2, 0) is 6.42 Å². The normalized spacial score (nSPS) is 18.9. The molecule has 0 heterocycles. The Kier molecular flexibility index (Phi) is 4.65. The molecule has 0 radical (unpaired) electrons. The summed E-state index contributed by atoms with van der Waals surface area (Å²) in [4.78, 5) is 2.59. The van der Waals surface area contributed by atoms with Crippen molar-refractivity contribution in [2.24, 2.45) is 0 Å². The Morgan fingerprint density at radius 2 is 1.94 bits per heavy atom. The van der Waals surface area contributed by atoms with Crippen LogP contribution in [0.2, 0.25) is 0 Å². The molecule has 0 saturated carbocycles. The minimum absolute atomic E-state index is 0.491. The highest BCUT2D eigenvalue weighted by atomic mass is 16.3. The van der Waals surface area contributed by atoms with Gasteiger partial charge >= 0.3 is 0 Å². The van der Waals surface area contributed by atoms with E-state index in [0.29, 0.717) is 11.8 Å². The van der Waals surface area contributed by atoms with E-state index in [4.69, 9.17) is 0 Å². The largest absolute Gasteiger partial charge is 0.508 e. The van der Waals surface area contributed by atoms with Crippen LogP contribution in [0.4, 0.5) is 0 Å². The van der Waals surface area contributed by atoms with Crippen molar-refractivity contribution >= 4 is 0 Å². The SMILES string of the molecule is CCCN(CCC)C1CCCc2c(O)cccc21. The van der Waals surface area contributed by atoms with Crippen LogP contribution in [0.3, 0.4) is 0 Å². The van der Waals surface area contributed by atoms with Gasteiger partial charge in [-0.1, -0.05) is 26.0 Å². The van der Waals surface area contributed by atoms with Crippen molar-refractivity contribution in [1.82, 2.24) is 4.90 Å². The Labute approximate surface area is 111 Å². The average molecular weight is 247 g/mol. The summed E-state index contributed by atoms with van der Waals surface area (Å²) in [7, 11) is 0. The quantitative estimate of drug-likeness (QED) is 0.853. The molecule has 0 fully saturated rings. The number of fused-ring (bicyclic) bond motifs is 1. The second-order valence-electron chi connectivity index (χ2n) is 5.29. The second kappa shape index (κ2) is 6.24. The Balaban J connectivity index is 2.27. The molecule has 0 amide bonds. The Morgan fingerprint density at radius 3 is 2.61 bits per heavy atom. The maximum atomic E-state index is 10.00. The zero-order valence-electron chi connectivity index (χ0n) is 11.7. The molecular weight excluding hydrogens is 222 g/mol. The first-order valence-corrected chi connectivity index (χ1v) is 7.32. The monoisotopic (exact) mass is 247 g/mol. The topological polar surface area (TPSA) is 23.5 Å². The molecule has 2 heteroatoms. The minimum Gasteiger partial charge on any atom is -0.508 e. The van der Waals surface area contributed by atoms with E-state index in [9.17, 15) is 5.11 Å². The van der Waals surface area contributed by atoms with Crippen molar-refractivity contribution in [3.63, 3.8) is 0 Å². The number of phenols is 1. The molecule has 1 aliphatic rings. The molecule has 1 atom stereocenters. The van der Waals surface area contributed by atoms with E-state index in [1.165, 1.54) is 36.8 Å². The summed E-state index contributed by atoms with van der Waals surface area (Å²) in [5.74, 6) is 0.491. The first-order valence-electron chi connectivity index (χ1n) is 7.32. The lowest BCUT2D eigenvalue weighted by Crippen LogP contribution is -2.32. The molecular formula is C16H25NO. The van der Waals surface area contributed by atoms with Gasteiger partial charge in [0.15, 0.2) is 0 Å². The summed E-state index contributed by atoms with van der Waals surface area (Å²) >= 11 is 0. The maximum Gasteiger partial charge on any atom is 0.119 e. The molecule has 0 bridgehead atoms. The van der Waals surface area contributed by atoms with Crippen LogP contribution in [0.25, 0.3) is 0 Å². The van der Waals surface area contributed by atoms with E-state index in [0.717, 1.165) is 19.5 Å². The van der Waals surface area contributed by atoms with Crippen LogP contribution in [0.15, 0.2) is 18.2 Å². The van der Waals surface area contributed by atoms with Crippen molar-refractivity contribution in [3.05, 3.63) is 29.3 Å². The number of aromatic hydroxyl groups is 1. The number of benzene rings is 1. The van der Waals surface area contributed by atoms with Gasteiger partial charge in [0.05, 0.1) is 0 Å². The molecule has 0 saturated heterocycles. The van der Waals surface area contributed by atoms with Gasteiger partial charge in [0.25, 0.3) is 0 Å². The van der Waals surface area contributed by atoms with Crippen LogP contribution >= 0.6 is 0 Å². The van der Waals surface area contributed by atoms with Crippen molar-refractivity contribution in [2.45, 2.75) is 52.0 Å². The molecule has 2 rings (SSSR count). The van der Waals surface area contributed by atoms with E-state index in [1.54, 1.807) is 0 Å². The lowest BCUT2D eigenvalue weighted by Gasteiger charge is -2.36. The molecule has 0 aliphatic heterocycles. The first-order chi connectivity index (χ1) is 8.77. The summed E-state index contributed by atoms with van der Waals surface area (Å²) in [5, 5.41) is 10.00. The van der Waals surface area contributed by atoms with Gasteiger partial charge in [-0.25, -0.2) is 0 Å². The molecule has 1 aromatic carbocycles. The van der Waals surface area contributed by atoms with Crippen LogP contribution in [0.5, 0.6) is 5.75 Å². The highest BCUT2D eigenvalue weighted by Crippen LogP contribution is 2.38. The number of hydrogen-bond acceptors (Lipinski definition) is 2. The lowest BCUT2D eigenvalue weighted by atomic mass is 9.86. The van der Waals surface area contributed by atoms with Crippen LogP contribution in [0, 0.1) is 0 Å². The third-order valence-corrected chi connectivity index (χ3v) is 3.91. The fourth-order valence-corrected chi connectivity index (χ4v) is 3.18. The zero-order chi connectivity index (χ0) is 13.0. The van der Waals surface area contributed by atoms with Gasteiger partial charge < -0.3 is 5.11 Å². The summed E-state index contributed by atoms with van der Waals surface area (Å²) in [6, 6.07) is 6.53. The molecule has 0 aromatic heterocycles. The number of rotatable bonds is 5. The predicted molar refractivity (Wildman–Crippen MR) is 75.9 cm³/mol. The molecule has 1 unspecified atom stereocenters. The molecule has 1 aliphatic carbocycles. The molecule has 1 N–H and O–H groups in total. The van der Waals surface area contributed by atoms with Gasteiger partial charge in [0.1, 0.15) is 5.75 Å². The summed E-state index contributed by atoms with van der Waals surface area (Å²) < 4.78 is 0. The Hall–Kier alpha value is -1.02. The third-order valence-electron chi connectivity index (χ3n) is 3.91. The fraction of sp³-hybridized carbons (Fsp3) is 0.625. The Morgan fingerprint density at radius 1 is 1.22 bits per heavy atom. The van der Waals surface area contributed by atoms with Crippen LogP contribution in [0.1, 0.15) is 56.7 Å². The van der Waals surface area contributed by atoms with Gasteiger partial charge in [-0.2, -0.15) is 0 Å². The summed E-state index contributed by atoms with van der Waals surface area (Å²) in [6.45, 7) is 6.81. The van der Waals surface area contributed by atoms with Crippen molar-refractivity contribution in [3.8, 4) is 5.75 Å². The third kappa shape index (κ3) is 2.69. The molecule has 0 spiro atoms. The van der Waals surface area contributed by atoms with E-state index in [1.807, 2.05) is 12.1 Å². The standard InChI is InChI=1S/C16H25NO/c1-3-11-17(12-4-2)15-9-5-8-14-13(15)7-6-10-16(14)18/h6-7,10,15,18H,3-5,8-9,11-12H2,1-2H3. The molecule has 1 aromatic rings. The minimum atomic E-state index is 0.491. The number of phenolic OH excluding ortho intramolecular Hbond substituents is 1. The van der Waals surface area contributed by atoms with Gasteiger partial charge in [0, 0.05) is 6.04 Å².